The first kappa shape index (κ1) is 12.6. The summed E-state index contributed by atoms with van der Waals surface area (Å²) in [6.07, 6.45) is 2.79. The molecule has 1 heterocycles. The number of hydrogen-bond acceptors (Lipinski definition) is 3. The van der Waals surface area contributed by atoms with E-state index in [9.17, 15) is 8.42 Å². The number of sulfonamides is 1. The summed E-state index contributed by atoms with van der Waals surface area (Å²) in [6.45, 7) is 3.83. The Kier molecular flexibility index (Phi) is 3.13. The molecule has 5 nitrogen and oxygen atoms in total. The van der Waals surface area contributed by atoms with Crippen molar-refractivity contribution in [2.24, 2.45) is 7.05 Å². The van der Waals surface area contributed by atoms with Crippen molar-refractivity contribution in [1.29, 1.82) is 0 Å². The van der Waals surface area contributed by atoms with Crippen LogP contribution in [0.25, 0.3) is 0 Å². The fourth-order valence-corrected chi connectivity index (χ4v) is 2.71. The smallest absolute Gasteiger partial charge is 0.265 e. The fourth-order valence-electron chi connectivity index (χ4n) is 1.60. The van der Waals surface area contributed by atoms with Gasteiger partial charge in [0, 0.05) is 13.2 Å². The van der Waals surface area contributed by atoms with Crippen molar-refractivity contribution in [2.45, 2.75) is 18.7 Å². The monoisotopic (exact) mass is 265 g/mol. The van der Waals surface area contributed by atoms with E-state index in [-0.39, 0.29) is 4.90 Å². The van der Waals surface area contributed by atoms with Gasteiger partial charge in [-0.1, -0.05) is 12.1 Å². The predicted octanol–water partition coefficient (Wildman–Crippen LogP) is 1.84. The van der Waals surface area contributed by atoms with Crippen molar-refractivity contribution in [3.8, 4) is 0 Å². The van der Waals surface area contributed by atoms with Gasteiger partial charge in [0.15, 0.2) is 0 Å². The van der Waals surface area contributed by atoms with Gasteiger partial charge in [-0.25, -0.2) is 8.42 Å². The maximum atomic E-state index is 12.1. The molecular formula is C12H15N3O2S. The summed E-state index contributed by atoms with van der Waals surface area (Å²) in [4.78, 5) is 0.158. The SMILES string of the molecule is Cc1cccc(NS(=O)(=O)c2cnn(C)c2)c1C. The second-order valence-corrected chi connectivity index (χ2v) is 5.89. The van der Waals surface area contributed by atoms with Crippen LogP contribution in [0.5, 0.6) is 0 Å². The highest BCUT2D eigenvalue weighted by molar-refractivity contribution is 7.92. The highest BCUT2D eigenvalue weighted by Gasteiger charge is 2.17. The molecule has 96 valence electrons. The van der Waals surface area contributed by atoms with E-state index in [0.29, 0.717) is 5.69 Å². The summed E-state index contributed by atoms with van der Waals surface area (Å²) in [7, 11) is -1.89. The van der Waals surface area contributed by atoms with Crippen LogP contribution in [0.4, 0.5) is 5.69 Å². The average molecular weight is 265 g/mol. The van der Waals surface area contributed by atoms with Crippen molar-refractivity contribution < 1.29 is 8.42 Å². The fraction of sp³-hybridized carbons (Fsp3) is 0.250. The minimum atomic E-state index is -3.57. The lowest BCUT2D eigenvalue weighted by atomic mass is 10.1. The first-order chi connectivity index (χ1) is 8.40. The Morgan fingerprint density at radius 3 is 2.61 bits per heavy atom. The summed E-state index contributed by atoms with van der Waals surface area (Å²) in [5.74, 6) is 0. The predicted molar refractivity (Wildman–Crippen MR) is 69.9 cm³/mol. The molecule has 0 aliphatic carbocycles. The average Bonchev–Trinajstić information content (AvgIpc) is 2.72. The van der Waals surface area contributed by atoms with Crippen molar-refractivity contribution in [1.82, 2.24) is 9.78 Å². The summed E-state index contributed by atoms with van der Waals surface area (Å²) in [6, 6.07) is 5.51. The van der Waals surface area contributed by atoms with Crippen LogP contribution in [0.1, 0.15) is 11.1 Å². The minimum absolute atomic E-state index is 0.158. The largest absolute Gasteiger partial charge is 0.279 e. The van der Waals surface area contributed by atoms with Gasteiger partial charge in [-0.15, -0.1) is 0 Å². The molecule has 0 aliphatic rings. The Balaban J connectivity index is 2.37. The van der Waals surface area contributed by atoms with E-state index in [4.69, 9.17) is 0 Å². The molecule has 2 aromatic rings. The Morgan fingerprint density at radius 1 is 1.28 bits per heavy atom. The molecule has 6 heteroatoms. The highest BCUT2D eigenvalue weighted by Crippen LogP contribution is 2.21. The van der Waals surface area contributed by atoms with Crippen molar-refractivity contribution in [2.75, 3.05) is 4.72 Å². The molecule has 0 unspecified atom stereocenters. The third kappa shape index (κ3) is 2.38. The van der Waals surface area contributed by atoms with Crippen LogP contribution in [0.3, 0.4) is 0 Å². The molecule has 0 radical (unpaired) electrons. The minimum Gasteiger partial charge on any atom is -0.279 e. The summed E-state index contributed by atoms with van der Waals surface area (Å²) >= 11 is 0. The Labute approximate surface area is 107 Å². The third-order valence-electron chi connectivity index (χ3n) is 2.84. The lowest BCUT2D eigenvalue weighted by molar-refractivity contribution is 0.601. The first-order valence-corrected chi connectivity index (χ1v) is 6.96. The third-order valence-corrected chi connectivity index (χ3v) is 4.16. The topological polar surface area (TPSA) is 64.0 Å². The molecule has 0 aliphatic heterocycles. The van der Waals surface area contributed by atoms with Gasteiger partial charge in [0.05, 0.1) is 11.9 Å². The van der Waals surface area contributed by atoms with Crippen molar-refractivity contribution in [3.05, 3.63) is 41.7 Å². The second kappa shape index (κ2) is 4.45. The molecule has 0 amide bonds. The van der Waals surface area contributed by atoms with Gasteiger partial charge < -0.3 is 0 Å². The van der Waals surface area contributed by atoms with E-state index in [1.807, 2.05) is 26.0 Å². The Bertz CT molecular complexity index is 674. The highest BCUT2D eigenvalue weighted by atomic mass is 32.2. The second-order valence-electron chi connectivity index (χ2n) is 4.20. The molecule has 0 fully saturated rings. The molecule has 0 saturated carbocycles. The molecular weight excluding hydrogens is 250 g/mol. The number of aryl methyl sites for hydroxylation is 2. The van der Waals surface area contributed by atoms with Gasteiger partial charge in [-0.3, -0.25) is 9.40 Å². The van der Waals surface area contributed by atoms with Crippen molar-refractivity contribution in [3.63, 3.8) is 0 Å². The van der Waals surface area contributed by atoms with E-state index in [2.05, 4.69) is 9.82 Å². The Hall–Kier alpha value is -1.82. The number of anilines is 1. The number of hydrogen-bond donors (Lipinski definition) is 1. The van der Waals surface area contributed by atoms with E-state index < -0.39 is 10.0 Å². The van der Waals surface area contributed by atoms with Gasteiger partial charge in [-0.05, 0) is 31.0 Å². The summed E-state index contributed by atoms with van der Waals surface area (Å²) < 4.78 is 28.3. The van der Waals surface area contributed by atoms with Crippen LogP contribution in [-0.2, 0) is 17.1 Å². The van der Waals surface area contributed by atoms with Crippen LogP contribution in [0.2, 0.25) is 0 Å². The van der Waals surface area contributed by atoms with Gasteiger partial charge >= 0.3 is 0 Å². The van der Waals surface area contributed by atoms with Crippen LogP contribution < -0.4 is 4.72 Å². The van der Waals surface area contributed by atoms with Crippen LogP contribution in [0, 0.1) is 13.8 Å². The molecule has 18 heavy (non-hydrogen) atoms. The van der Waals surface area contributed by atoms with E-state index in [1.54, 1.807) is 13.1 Å². The molecule has 2 rings (SSSR count). The Morgan fingerprint density at radius 2 is 2.00 bits per heavy atom. The lowest BCUT2D eigenvalue weighted by Gasteiger charge is -2.10. The summed E-state index contributed by atoms with van der Waals surface area (Å²) in [5.41, 5.74) is 2.56. The number of nitrogens with zero attached hydrogens (tertiary/aromatic N) is 2. The van der Waals surface area contributed by atoms with Gasteiger partial charge in [0.25, 0.3) is 10.0 Å². The maximum Gasteiger partial charge on any atom is 0.265 e. The zero-order chi connectivity index (χ0) is 13.3. The normalized spacial score (nSPS) is 11.5. The molecule has 1 aromatic heterocycles. The number of rotatable bonds is 3. The molecule has 0 saturated heterocycles. The van der Waals surface area contributed by atoms with Crippen LogP contribution >= 0.6 is 0 Å². The van der Waals surface area contributed by atoms with Gasteiger partial charge in [-0.2, -0.15) is 5.10 Å². The van der Waals surface area contributed by atoms with Gasteiger partial charge in [0.1, 0.15) is 4.90 Å². The number of nitrogens with one attached hydrogen (secondary N) is 1. The lowest BCUT2D eigenvalue weighted by Crippen LogP contribution is -2.13. The molecule has 0 atom stereocenters. The van der Waals surface area contributed by atoms with E-state index in [1.165, 1.54) is 17.1 Å². The quantitative estimate of drug-likeness (QED) is 0.921. The standard InChI is InChI=1S/C12H15N3O2S/c1-9-5-4-6-12(10(9)2)14-18(16,17)11-7-13-15(3)8-11/h4-8,14H,1-3H3. The maximum absolute atomic E-state index is 12.1. The molecule has 1 aromatic carbocycles. The van der Waals surface area contributed by atoms with Crippen LogP contribution in [0.15, 0.2) is 35.5 Å². The molecule has 1 N–H and O–H groups in total. The van der Waals surface area contributed by atoms with E-state index in [0.717, 1.165) is 11.1 Å². The van der Waals surface area contributed by atoms with Crippen molar-refractivity contribution >= 4 is 15.7 Å². The molecule has 0 bridgehead atoms. The number of benzene rings is 1. The zero-order valence-electron chi connectivity index (χ0n) is 10.5. The number of aromatic nitrogens is 2. The zero-order valence-corrected chi connectivity index (χ0v) is 11.3. The molecule has 0 spiro atoms. The van der Waals surface area contributed by atoms with E-state index >= 15 is 0 Å². The summed E-state index contributed by atoms with van der Waals surface area (Å²) in [5, 5.41) is 3.86. The van der Waals surface area contributed by atoms with Gasteiger partial charge in [0.2, 0.25) is 0 Å². The van der Waals surface area contributed by atoms with Crippen LogP contribution in [-0.4, -0.2) is 18.2 Å². The first-order valence-electron chi connectivity index (χ1n) is 5.48.